The fourth-order valence-corrected chi connectivity index (χ4v) is 1.47. The quantitative estimate of drug-likeness (QED) is 0.837. The molecule has 0 aromatic heterocycles. The van der Waals surface area contributed by atoms with Crippen molar-refractivity contribution in [3.8, 4) is 0 Å². The zero-order valence-electron chi connectivity index (χ0n) is 10.5. The lowest BCUT2D eigenvalue weighted by Gasteiger charge is -2.13. The first kappa shape index (κ1) is 15.2. The molecule has 1 aromatic carbocycles. The Morgan fingerprint density at radius 3 is 2.74 bits per heavy atom. The fourth-order valence-electron chi connectivity index (χ4n) is 1.35. The molecule has 7 heteroatoms. The summed E-state index contributed by atoms with van der Waals surface area (Å²) in [5, 5.41) is 4.93. The Morgan fingerprint density at radius 1 is 1.47 bits per heavy atom. The summed E-state index contributed by atoms with van der Waals surface area (Å²) in [5.41, 5.74) is 0.268. The highest BCUT2D eigenvalue weighted by Gasteiger charge is 2.12. The van der Waals surface area contributed by atoms with E-state index in [4.69, 9.17) is 11.6 Å². The molecule has 0 aliphatic carbocycles. The van der Waals surface area contributed by atoms with Gasteiger partial charge in [0.1, 0.15) is 5.82 Å². The normalized spacial score (nSPS) is 11.6. The molecule has 0 fully saturated rings. The molecule has 0 spiro atoms. The summed E-state index contributed by atoms with van der Waals surface area (Å²) in [6.45, 7) is 1.65. The molecular formula is C12H14ClFN2O3. The van der Waals surface area contributed by atoms with E-state index in [9.17, 15) is 14.0 Å². The third-order valence-electron chi connectivity index (χ3n) is 2.26. The van der Waals surface area contributed by atoms with Crippen LogP contribution in [0, 0.1) is 5.82 Å². The van der Waals surface area contributed by atoms with Crippen LogP contribution < -0.4 is 10.6 Å². The summed E-state index contributed by atoms with van der Waals surface area (Å²) in [7, 11) is 1.27. The average molecular weight is 289 g/mol. The Hall–Kier alpha value is -1.82. The maximum atomic E-state index is 13.1. The predicted octanol–water partition coefficient (Wildman–Crippen LogP) is 2.55. The van der Waals surface area contributed by atoms with Gasteiger partial charge in [-0.2, -0.15) is 0 Å². The largest absolute Gasteiger partial charge is 0.469 e. The molecule has 0 radical (unpaired) electrons. The molecule has 0 bridgehead atoms. The lowest BCUT2D eigenvalue weighted by atomic mass is 10.2. The summed E-state index contributed by atoms with van der Waals surface area (Å²) in [4.78, 5) is 22.5. The van der Waals surface area contributed by atoms with Crippen molar-refractivity contribution in [2.45, 2.75) is 19.4 Å². The van der Waals surface area contributed by atoms with Crippen molar-refractivity contribution in [3.05, 3.63) is 29.0 Å². The van der Waals surface area contributed by atoms with Gasteiger partial charge in [-0.3, -0.25) is 4.79 Å². The van der Waals surface area contributed by atoms with Gasteiger partial charge >= 0.3 is 12.0 Å². The molecule has 0 unspecified atom stereocenters. The maximum absolute atomic E-state index is 13.1. The zero-order chi connectivity index (χ0) is 14.4. The number of hydrogen-bond donors (Lipinski definition) is 2. The number of rotatable bonds is 4. The Kier molecular flexibility index (Phi) is 5.57. The number of benzene rings is 1. The molecule has 0 saturated carbocycles. The minimum absolute atomic E-state index is 0.0231. The summed E-state index contributed by atoms with van der Waals surface area (Å²) < 4.78 is 17.6. The van der Waals surface area contributed by atoms with Gasteiger partial charge in [0.2, 0.25) is 0 Å². The highest BCUT2D eigenvalue weighted by Crippen LogP contribution is 2.18. The Morgan fingerprint density at radius 2 is 2.16 bits per heavy atom. The highest BCUT2D eigenvalue weighted by molar-refractivity contribution is 6.30. The van der Waals surface area contributed by atoms with E-state index in [-0.39, 0.29) is 17.1 Å². The smallest absolute Gasteiger partial charge is 0.319 e. The maximum Gasteiger partial charge on any atom is 0.319 e. The van der Waals surface area contributed by atoms with Gasteiger partial charge in [0.15, 0.2) is 0 Å². The van der Waals surface area contributed by atoms with Gasteiger partial charge in [-0.1, -0.05) is 11.6 Å². The topological polar surface area (TPSA) is 67.4 Å². The van der Waals surface area contributed by atoms with Crippen molar-refractivity contribution in [2.75, 3.05) is 12.4 Å². The molecular weight excluding hydrogens is 275 g/mol. The first-order valence-corrected chi connectivity index (χ1v) is 5.89. The number of ether oxygens (including phenoxy) is 1. The average Bonchev–Trinajstić information content (AvgIpc) is 2.33. The third kappa shape index (κ3) is 5.13. The molecule has 0 aliphatic heterocycles. The van der Waals surface area contributed by atoms with Gasteiger partial charge in [0.25, 0.3) is 0 Å². The number of carbonyl (C=O) groups excluding carboxylic acids is 2. The minimum atomic E-state index is -0.623. The first-order chi connectivity index (χ1) is 8.92. The first-order valence-electron chi connectivity index (χ1n) is 5.51. The van der Waals surface area contributed by atoms with E-state index < -0.39 is 23.9 Å². The molecule has 19 heavy (non-hydrogen) atoms. The van der Waals surface area contributed by atoms with Gasteiger partial charge in [-0.25, -0.2) is 9.18 Å². The van der Waals surface area contributed by atoms with Crippen LogP contribution in [0.2, 0.25) is 5.02 Å². The molecule has 0 heterocycles. The van der Waals surface area contributed by atoms with Crippen LogP contribution in [0.1, 0.15) is 13.3 Å². The van der Waals surface area contributed by atoms with Crippen LogP contribution in [-0.2, 0) is 9.53 Å². The van der Waals surface area contributed by atoms with Gasteiger partial charge < -0.3 is 15.4 Å². The van der Waals surface area contributed by atoms with Crippen LogP contribution in [0.4, 0.5) is 14.9 Å². The van der Waals surface area contributed by atoms with Gasteiger partial charge in [-0.15, -0.1) is 0 Å². The summed E-state index contributed by atoms with van der Waals surface area (Å²) >= 11 is 5.52. The van der Waals surface area contributed by atoms with Crippen molar-refractivity contribution < 1.29 is 18.7 Å². The molecule has 1 aromatic rings. The SMILES string of the molecule is COC(=O)C[C@@H](C)NC(=O)Nc1ccc(Cl)c(F)c1. The standard InChI is InChI=1S/C12H14ClFN2O3/c1-7(5-11(17)19-2)15-12(18)16-8-3-4-9(13)10(14)6-8/h3-4,6-7H,5H2,1-2H3,(H2,15,16,18)/t7-/m1/s1. The Bertz CT molecular complexity index is 482. The predicted molar refractivity (Wildman–Crippen MR) is 69.7 cm³/mol. The molecule has 0 aliphatic rings. The number of urea groups is 1. The monoisotopic (exact) mass is 288 g/mol. The number of carbonyl (C=O) groups is 2. The molecule has 2 N–H and O–H groups in total. The second-order valence-corrected chi connectivity index (χ2v) is 4.32. The van der Waals surface area contributed by atoms with Crippen LogP contribution in [0.5, 0.6) is 0 Å². The third-order valence-corrected chi connectivity index (χ3v) is 2.56. The van der Waals surface area contributed by atoms with Crippen molar-refractivity contribution in [2.24, 2.45) is 0 Å². The van der Waals surface area contributed by atoms with Crippen LogP contribution in [0.15, 0.2) is 18.2 Å². The van der Waals surface area contributed by atoms with E-state index in [1.807, 2.05) is 0 Å². The van der Waals surface area contributed by atoms with E-state index >= 15 is 0 Å². The molecule has 104 valence electrons. The molecule has 2 amide bonds. The number of esters is 1. The van der Waals surface area contributed by atoms with Crippen molar-refractivity contribution in [1.29, 1.82) is 0 Å². The van der Waals surface area contributed by atoms with Crippen LogP contribution >= 0.6 is 11.6 Å². The second-order valence-electron chi connectivity index (χ2n) is 3.91. The minimum Gasteiger partial charge on any atom is -0.469 e. The van der Waals surface area contributed by atoms with Gasteiger partial charge in [0.05, 0.1) is 18.6 Å². The van der Waals surface area contributed by atoms with Crippen molar-refractivity contribution in [1.82, 2.24) is 5.32 Å². The lowest BCUT2D eigenvalue weighted by Crippen LogP contribution is -2.37. The highest BCUT2D eigenvalue weighted by atomic mass is 35.5. The number of nitrogens with one attached hydrogen (secondary N) is 2. The second kappa shape index (κ2) is 6.94. The van der Waals surface area contributed by atoms with Crippen molar-refractivity contribution in [3.63, 3.8) is 0 Å². The number of methoxy groups -OCH3 is 1. The van der Waals surface area contributed by atoms with Crippen LogP contribution in [-0.4, -0.2) is 25.2 Å². The van der Waals surface area contributed by atoms with E-state index in [0.29, 0.717) is 0 Å². The fraction of sp³-hybridized carbons (Fsp3) is 0.333. The summed E-state index contributed by atoms with van der Waals surface area (Å²) in [6.07, 6.45) is 0.0545. The Balaban J connectivity index is 2.50. The molecule has 1 rings (SSSR count). The van der Waals surface area contributed by atoms with Crippen LogP contribution in [0.25, 0.3) is 0 Å². The van der Waals surface area contributed by atoms with Crippen molar-refractivity contribution >= 4 is 29.3 Å². The van der Waals surface area contributed by atoms with E-state index in [2.05, 4.69) is 15.4 Å². The molecule has 5 nitrogen and oxygen atoms in total. The summed E-state index contributed by atoms with van der Waals surface area (Å²) in [5.74, 6) is -1.05. The summed E-state index contributed by atoms with van der Waals surface area (Å²) in [6, 6.07) is 2.97. The molecule has 1 atom stereocenters. The van der Waals surface area contributed by atoms with E-state index in [1.165, 1.54) is 19.2 Å². The number of anilines is 1. The number of halogens is 2. The molecule has 0 saturated heterocycles. The van der Waals surface area contributed by atoms with E-state index in [0.717, 1.165) is 6.07 Å². The van der Waals surface area contributed by atoms with Gasteiger partial charge in [-0.05, 0) is 25.1 Å². The van der Waals surface area contributed by atoms with Crippen LogP contribution in [0.3, 0.4) is 0 Å². The van der Waals surface area contributed by atoms with Gasteiger partial charge in [0, 0.05) is 11.7 Å². The Labute approximate surface area is 115 Å². The lowest BCUT2D eigenvalue weighted by molar-refractivity contribution is -0.141. The number of amides is 2. The number of hydrogen-bond acceptors (Lipinski definition) is 3. The van der Waals surface area contributed by atoms with E-state index in [1.54, 1.807) is 6.92 Å². The zero-order valence-corrected chi connectivity index (χ0v) is 11.3.